The summed E-state index contributed by atoms with van der Waals surface area (Å²) in [6.07, 6.45) is 6.42. The van der Waals surface area contributed by atoms with Crippen LogP contribution >= 0.6 is 15.9 Å². The van der Waals surface area contributed by atoms with Crippen molar-refractivity contribution < 1.29 is 4.74 Å². The quantitative estimate of drug-likeness (QED) is 0.778. The van der Waals surface area contributed by atoms with Crippen molar-refractivity contribution in [1.29, 1.82) is 0 Å². The molecule has 0 amide bonds. The molecule has 2 nitrogen and oxygen atoms in total. The Labute approximate surface area is 112 Å². The van der Waals surface area contributed by atoms with Crippen molar-refractivity contribution in [3.05, 3.63) is 28.2 Å². The molecule has 0 atom stereocenters. The van der Waals surface area contributed by atoms with Crippen LogP contribution in [0.25, 0.3) is 0 Å². The minimum absolute atomic E-state index is 0.838. The predicted octanol–water partition coefficient (Wildman–Crippen LogP) is 3.53. The molecule has 17 heavy (non-hydrogen) atoms. The Morgan fingerprint density at radius 3 is 2.82 bits per heavy atom. The second-order valence-electron chi connectivity index (χ2n) is 4.65. The van der Waals surface area contributed by atoms with Crippen LogP contribution < -0.4 is 10.1 Å². The summed E-state index contributed by atoms with van der Waals surface area (Å²) in [6.45, 7) is 1.17. The Morgan fingerprint density at radius 1 is 1.35 bits per heavy atom. The van der Waals surface area contributed by atoms with E-state index in [-0.39, 0.29) is 0 Å². The fourth-order valence-corrected chi connectivity index (χ4v) is 2.50. The first-order valence-electron chi connectivity index (χ1n) is 6.35. The minimum Gasteiger partial charge on any atom is -0.496 e. The highest BCUT2D eigenvalue weighted by Crippen LogP contribution is 2.26. The molecule has 0 bridgehead atoms. The summed E-state index contributed by atoms with van der Waals surface area (Å²) in [7, 11) is 1.70. The Morgan fingerprint density at radius 2 is 2.18 bits per heavy atom. The van der Waals surface area contributed by atoms with E-state index in [1.807, 2.05) is 6.07 Å². The highest BCUT2D eigenvalue weighted by atomic mass is 79.9. The molecule has 1 aliphatic carbocycles. The van der Waals surface area contributed by atoms with Gasteiger partial charge < -0.3 is 10.1 Å². The number of ether oxygens (including phenoxy) is 1. The summed E-state index contributed by atoms with van der Waals surface area (Å²) in [6, 6.07) is 7.18. The normalized spacial score (nSPS) is 14.9. The zero-order valence-electron chi connectivity index (χ0n) is 10.3. The fraction of sp³-hybridized carbons (Fsp3) is 0.571. The molecule has 1 aliphatic rings. The third-order valence-electron chi connectivity index (χ3n) is 3.12. The van der Waals surface area contributed by atoms with E-state index in [1.54, 1.807) is 7.11 Å². The largest absolute Gasteiger partial charge is 0.496 e. The number of aryl methyl sites for hydroxylation is 1. The summed E-state index contributed by atoms with van der Waals surface area (Å²) in [5, 5.41) is 3.54. The van der Waals surface area contributed by atoms with Gasteiger partial charge in [0, 0.05) is 6.04 Å². The van der Waals surface area contributed by atoms with Crippen molar-refractivity contribution in [2.45, 2.75) is 38.1 Å². The highest BCUT2D eigenvalue weighted by Gasteiger charge is 2.19. The number of halogens is 1. The molecule has 1 aromatic rings. The highest BCUT2D eigenvalue weighted by molar-refractivity contribution is 9.10. The maximum atomic E-state index is 5.22. The molecule has 1 fully saturated rings. The van der Waals surface area contributed by atoms with Crippen molar-refractivity contribution in [3.8, 4) is 5.75 Å². The average molecular weight is 298 g/mol. The average Bonchev–Trinajstić information content (AvgIpc) is 3.13. The smallest absolute Gasteiger partial charge is 0.133 e. The lowest BCUT2D eigenvalue weighted by atomic mass is 10.1. The molecule has 94 valence electrons. The molecule has 2 rings (SSSR count). The molecule has 0 aliphatic heterocycles. The van der Waals surface area contributed by atoms with Gasteiger partial charge in [-0.05, 0) is 72.3 Å². The Balaban J connectivity index is 1.68. The van der Waals surface area contributed by atoms with Gasteiger partial charge >= 0.3 is 0 Å². The molecule has 1 saturated carbocycles. The van der Waals surface area contributed by atoms with Crippen molar-refractivity contribution in [1.82, 2.24) is 5.32 Å². The SMILES string of the molecule is COc1ccc(CCCCNC2CC2)cc1Br. The van der Waals surface area contributed by atoms with Crippen LogP contribution in [0, 0.1) is 0 Å². The standard InChI is InChI=1S/C14H20BrNO/c1-17-14-8-5-11(10-13(14)15)4-2-3-9-16-12-6-7-12/h5,8,10,12,16H,2-4,6-7,9H2,1H3. The van der Waals surface area contributed by atoms with E-state index >= 15 is 0 Å². The molecule has 0 spiro atoms. The van der Waals surface area contributed by atoms with Crippen molar-refractivity contribution >= 4 is 15.9 Å². The Kier molecular flexibility index (Phi) is 4.86. The minimum atomic E-state index is 0.838. The van der Waals surface area contributed by atoms with Crippen LogP contribution in [-0.2, 0) is 6.42 Å². The van der Waals surface area contributed by atoms with E-state index in [0.717, 1.165) is 22.7 Å². The summed E-state index contributed by atoms with van der Waals surface area (Å²) in [5.74, 6) is 0.907. The maximum absolute atomic E-state index is 5.22. The van der Waals surface area contributed by atoms with Crippen LogP contribution in [0.15, 0.2) is 22.7 Å². The summed E-state index contributed by atoms with van der Waals surface area (Å²) in [5.41, 5.74) is 1.38. The van der Waals surface area contributed by atoms with E-state index in [9.17, 15) is 0 Å². The fourth-order valence-electron chi connectivity index (χ4n) is 1.91. The van der Waals surface area contributed by atoms with Gasteiger partial charge in [0.25, 0.3) is 0 Å². The number of benzene rings is 1. The summed E-state index contributed by atoms with van der Waals surface area (Å²) >= 11 is 3.52. The topological polar surface area (TPSA) is 21.3 Å². The first-order valence-corrected chi connectivity index (χ1v) is 7.14. The van der Waals surface area contributed by atoms with E-state index in [1.165, 1.54) is 37.8 Å². The molecule has 0 saturated heterocycles. The van der Waals surface area contributed by atoms with Crippen molar-refractivity contribution in [2.75, 3.05) is 13.7 Å². The number of nitrogens with one attached hydrogen (secondary N) is 1. The third kappa shape index (κ3) is 4.32. The summed E-state index contributed by atoms with van der Waals surface area (Å²) in [4.78, 5) is 0. The van der Waals surface area contributed by atoms with Gasteiger partial charge in [-0.2, -0.15) is 0 Å². The van der Waals surface area contributed by atoms with Gasteiger partial charge in [-0.3, -0.25) is 0 Å². The number of methoxy groups -OCH3 is 1. The first-order chi connectivity index (χ1) is 8.29. The lowest BCUT2D eigenvalue weighted by Crippen LogP contribution is -2.17. The van der Waals surface area contributed by atoms with Gasteiger partial charge in [-0.15, -0.1) is 0 Å². The number of hydrogen-bond acceptors (Lipinski definition) is 2. The van der Waals surface area contributed by atoms with Gasteiger partial charge in [0.15, 0.2) is 0 Å². The Hall–Kier alpha value is -0.540. The molecule has 0 aromatic heterocycles. The zero-order chi connectivity index (χ0) is 12.1. The van der Waals surface area contributed by atoms with Gasteiger partial charge in [-0.1, -0.05) is 6.07 Å². The molecule has 1 aromatic carbocycles. The number of unbranched alkanes of at least 4 members (excludes halogenated alkanes) is 1. The van der Waals surface area contributed by atoms with Crippen LogP contribution in [0.2, 0.25) is 0 Å². The van der Waals surface area contributed by atoms with Crippen LogP contribution in [0.3, 0.4) is 0 Å². The molecule has 0 heterocycles. The lowest BCUT2D eigenvalue weighted by Gasteiger charge is -2.06. The van der Waals surface area contributed by atoms with E-state index in [0.29, 0.717) is 0 Å². The summed E-state index contributed by atoms with van der Waals surface area (Å²) < 4.78 is 6.27. The third-order valence-corrected chi connectivity index (χ3v) is 3.74. The van der Waals surface area contributed by atoms with Gasteiger partial charge in [0.1, 0.15) is 5.75 Å². The van der Waals surface area contributed by atoms with E-state index in [4.69, 9.17) is 4.74 Å². The molecular formula is C14H20BrNO. The zero-order valence-corrected chi connectivity index (χ0v) is 11.9. The van der Waals surface area contributed by atoms with Crippen molar-refractivity contribution in [3.63, 3.8) is 0 Å². The second-order valence-corrected chi connectivity index (χ2v) is 5.51. The van der Waals surface area contributed by atoms with E-state index in [2.05, 4.69) is 33.4 Å². The predicted molar refractivity (Wildman–Crippen MR) is 74.7 cm³/mol. The molecular weight excluding hydrogens is 278 g/mol. The molecule has 3 heteroatoms. The number of hydrogen-bond donors (Lipinski definition) is 1. The lowest BCUT2D eigenvalue weighted by molar-refractivity contribution is 0.412. The van der Waals surface area contributed by atoms with Crippen LogP contribution in [0.4, 0.5) is 0 Å². The molecule has 1 N–H and O–H groups in total. The van der Waals surface area contributed by atoms with Crippen LogP contribution in [0.1, 0.15) is 31.2 Å². The second kappa shape index (κ2) is 6.41. The van der Waals surface area contributed by atoms with Gasteiger partial charge in [0.2, 0.25) is 0 Å². The Bertz CT molecular complexity index is 363. The molecule has 0 radical (unpaired) electrons. The van der Waals surface area contributed by atoms with E-state index < -0.39 is 0 Å². The van der Waals surface area contributed by atoms with Crippen LogP contribution in [0.5, 0.6) is 5.75 Å². The van der Waals surface area contributed by atoms with Gasteiger partial charge in [-0.25, -0.2) is 0 Å². The van der Waals surface area contributed by atoms with Crippen molar-refractivity contribution in [2.24, 2.45) is 0 Å². The maximum Gasteiger partial charge on any atom is 0.133 e. The number of rotatable bonds is 7. The molecule has 0 unspecified atom stereocenters. The monoisotopic (exact) mass is 297 g/mol. The van der Waals surface area contributed by atoms with Gasteiger partial charge in [0.05, 0.1) is 11.6 Å². The van der Waals surface area contributed by atoms with Crippen LogP contribution in [-0.4, -0.2) is 19.7 Å². The first kappa shape index (κ1) is 12.9.